The average Bonchev–Trinajstić information content (AvgIpc) is 3.00. The third-order valence-electron chi connectivity index (χ3n) is 3.37. The van der Waals surface area contributed by atoms with Gasteiger partial charge in [0.1, 0.15) is 12.6 Å². The van der Waals surface area contributed by atoms with Crippen LogP contribution in [0.25, 0.3) is 0 Å². The smallest absolute Gasteiger partial charge is 0.406 e. The number of aliphatic carboxylic acids is 1. The molecule has 0 radical (unpaired) electrons. The van der Waals surface area contributed by atoms with E-state index in [4.69, 9.17) is 5.11 Å². The predicted molar refractivity (Wildman–Crippen MR) is 58.5 cm³/mol. The van der Waals surface area contributed by atoms with Crippen molar-refractivity contribution in [2.45, 2.75) is 43.9 Å². The largest absolute Gasteiger partial charge is 0.480 e. The van der Waals surface area contributed by atoms with E-state index in [0.717, 1.165) is 9.80 Å². The van der Waals surface area contributed by atoms with E-state index in [1.165, 1.54) is 0 Å². The Bertz CT molecular complexity index is 382. The molecule has 5 nitrogen and oxygen atoms in total. The molecule has 1 unspecified atom stereocenters. The summed E-state index contributed by atoms with van der Waals surface area (Å²) in [5.74, 6) is -1.16. The number of halogens is 3. The van der Waals surface area contributed by atoms with Crippen molar-refractivity contribution in [3.05, 3.63) is 0 Å². The van der Waals surface area contributed by atoms with Gasteiger partial charge in [0.15, 0.2) is 0 Å². The number of carboxylic acid groups (broad SMARTS) is 1. The van der Waals surface area contributed by atoms with Gasteiger partial charge >= 0.3 is 18.2 Å². The Hall–Kier alpha value is -1.47. The van der Waals surface area contributed by atoms with Crippen LogP contribution in [0.1, 0.15) is 25.7 Å². The minimum atomic E-state index is -4.46. The minimum Gasteiger partial charge on any atom is -0.480 e. The van der Waals surface area contributed by atoms with Crippen molar-refractivity contribution in [2.24, 2.45) is 0 Å². The van der Waals surface area contributed by atoms with Gasteiger partial charge in [-0.2, -0.15) is 13.2 Å². The zero-order valence-corrected chi connectivity index (χ0v) is 10.2. The van der Waals surface area contributed by atoms with Crippen LogP contribution >= 0.6 is 0 Å². The number of amides is 2. The molecule has 0 aromatic carbocycles. The van der Waals surface area contributed by atoms with E-state index in [1.54, 1.807) is 0 Å². The number of nitrogens with zero attached hydrogens (tertiary/aromatic N) is 2. The van der Waals surface area contributed by atoms with Crippen molar-refractivity contribution in [3.63, 3.8) is 0 Å². The molecule has 0 spiro atoms. The maximum absolute atomic E-state index is 12.5. The molecule has 1 aliphatic carbocycles. The second-order valence-electron chi connectivity index (χ2n) is 4.95. The van der Waals surface area contributed by atoms with Gasteiger partial charge in [-0.1, -0.05) is 0 Å². The zero-order chi connectivity index (χ0) is 14.2. The van der Waals surface area contributed by atoms with Gasteiger partial charge in [0.2, 0.25) is 0 Å². The van der Waals surface area contributed by atoms with Crippen LogP contribution in [0.5, 0.6) is 0 Å². The van der Waals surface area contributed by atoms with Crippen LogP contribution < -0.4 is 0 Å². The number of alkyl halides is 3. The first-order valence-electron chi connectivity index (χ1n) is 6.16. The molecule has 1 heterocycles. The summed E-state index contributed by atoms with van der Waals surface area (Å²) in [5, 5.41) is 8.97. The van der Waals surface area contributed by atoms with E-state index in [9.17, 15) is 22.8 Å². The van der Waals surface area contributed by atoms with Crippen molar-refractivity contribution in [2.75, 3.05) is 13.1 Å². The molecule has 8 heteroatoms. The van der Waals surface area contributed by atoms with Gasteiger partial charge < -0.3 is 14.9 Å². The van der Waals surface area contributed by atoms with Crippen LogP contribution in [0.3, 0.4) is 0 Å². The van der Waals surface area contributed by atoms with Crippen LogP contribution in [0.4, 0.5) is 18.0 Å². The van der Waals surface area contributed by atoms with E-state index in [-0.39, 0.29) is 6.54 Å². The summed E-state index contributed by atoms with van der Waals surface area (Å²) in [7, 11) is 0. The predicted octanol–water partition coefficient (Wildman–Crippen LogP) is 1.68. The first kappa shape index (κ1) is 14.0. The summed E-state index contributed by atoms with van der Waals surface area (Å²) in [6.45, 7) is -1.10. The normalized spacial score (nSPS) is 23.5. The molecule has 1 atom stereocenters. The molecule has 2 rings (SSSR count). The summed E-state index contributed by atoms with van der Waals surface area (Å²) >= 11 is 0. The van der Waals surface area contributed by atoms with Crippen LogP contribution in [-0.4, -0.2) is 58.3 Å². The van der Waals surface area contributed by atoms with Crippen molar-refractivity contribution in [1.29, 1.82) is 0 Å². The van der Waals surface area contributed by atoms with Crippen molar-refractivity contribution in [3.8, 4) is 0 Å². The molecule has 2 aliphatic rings. The Kier molecular flexibility index (Phi) is 3.60. The van der Waals surface area contributed by atoms with Gasteiger partial charge in [-0.3, -0.25) is 0 Å². The molecule has 1 saturated carbocycles. The molecule has 1 aliphatic heterocycles. The number of hydrogen-bond donors (Lipinski definition) is 1. The highest BCUT2D eigenvalue weighted by molar-refractivity contribution is 5.83. The number of carboxylic acids is 1. The van der Waals surface area contributed by atoms with Gasteiger partial charge in [0.05, 0.1) is 0 Å². The molecular weight excluding hydrogens is 265 g/mol. The molecule has 2 fully saturated rings. The Balaban J connectivity index is 2.08. The highest BCUT2D eigenvalue weighted by Crippen LogP contribution is 2.32. The van der Waals surface area contributed by atoms with E-state index in [1.807, 2.05) is 0 Å². The highest BCUT2D eigenvalue weighted by atomic mass is 19.4. The monoisotopic (exact) mass is 280 g/mol. The average molecular weight is 280 g/mol. The van der Waals surface area contributed by atoms with Crippen LogP contribution in [-0.2, 0) is 4.79 Å². The molecule has 0 aromatic rings. The fourth-order valence-electron chi connectivity index (χ4n) is 2.35. The van der Waals surface area contributed by atoms with E-state index in [0.29, 0.717) is 25.7 Å². The standard InChI is InChI=1S/C11H15F3N2O3/c12-11(13,14)6-16(7-3-4-7)10(19)15-5-1-2-8(15)9(17)18/h7-8H,1-6H2,(H,17,18). The lowest BCUT2D eigenvalue weighted by Gasteiger charge is -2.30. The number of urea groups is 1. The van der Waals surface area contributed by atoms with Crippen LogP contribution in [0.2, 0.25) is 0 Å². The first-order chi connectivity index (χ1) is 8.79. The number of carbonyl (C=O) groups excluding carboxylic acids is 1. The van der Waals surface area contributed by atoms with E-state index < -0.39 is 36.8 Å². The number of carbonyl (C=O) groups is 2. The molecule has 0 bridgehead atoms. The third kappa shape index (κ3) is 3.30. The second-order valence-corrected chi connectivity index (χ2v) is 4.95. The van der Waals surface area contributed by atoms with Crippen molar-refractivity contribution < 1.29 is 27.9 Å². The maximum atomic E-state index is 12.5. The van der Waals surface area contributed by atoms with Gasteiger partial charge in [-0.15, -0.1) is 0 Å². The zero-order valence-electron chi connectivity index (χ0n) is 10.2. The van der Waals surface area contributed by atoms with E-state index >= 15 is 0 Å². The molecule has 19 heavy (non-hydrogen) atoms. The van der Waals surface area contributed by atoms with Crippen LogP contribution in [0.15, 0.2) is 0 Å². The Morgan fingerprint density at radius 2 is 1.89 bits per heavy atom. The first-order valence-corrected chi connectivity index (χ1v) is 6.16. The topological polar surface area (TPSA) is 60.9 Å². The number of rotatable bonds is 3. The SMILES string of the molecule is O=C(O)C1CCCN1C(=O)N(CC(F)(F)F)C1CC1. The van der Waals surface area contributed by atoms with Gasteiger partial charge in [-0.05, 0) is 25.7 Å². The van der Waals surface area contributed by atoms with Gasteiger partial charge in [0.25, 0.3) is 0 Å². The van der Waals surface area contributed by atoms with E-state index in [2.05, 4.69) is 0 Å². The lowest BCUT2D eigenvalue weighted by atomic mass is 10.2. The Morgan fingerprint density at radius 3 is 2.37 bits per heavy atom. The molecule has 1 N–H and O–H groups in total. The van der Waals surface area contributed by atoms with Gasteiger partial charge in [-0.25, -0.2) is 9.59 Å². The maximum Gasteiger partial charge on any atom is 0.406 e. The summed E-state index contributed by atoms with van der Waals surface area (Å²) in [5.41, 5.74) is 0. The Labute approximate surface area is 108 Å². The fraction of sp³-hybridized carbons (Fsp3) is 0.818. The summed E-state index contributed by atoms with van der Waals surface area (Å²) < 4.78 is 37.4. The quantitative estimate of drug-likeness (QED) is 0.855. The highest BCUT2D eigenvalue weighted by Gasteiger charge is 2.45. The van der Waals surface area contributed by atoms with Crippen LogP contribution in [0, 0.1) is 0 Å². The second kappa shape index (κ2) is 4.90. The fourth-order valence-corrected chi connectivity index (χ4v) is 2.35. The summed E-state index contributed by atoms with van der Waals surface area (Å²) in [6, 6.07) is -2.20. The molecule has 0 aromatic heterocycles. The lowest BCUT2D eigenvalue weighted by molar-refractivity contribution is -0.144. The lowest BCUT2D eigenvalue weighted by Crippen LogP contribution is -2.51. The van der Waals surface area contributed by atoms with Crippen molar-refractivity contribution >= 4 is 12.0 Å². The number of likely N-dealkylation sites (tertiary alicyclic amines) is 1. The molecule has 108 valence electrons. The molecule has 2 amide bonds. The van der Waals surface area contributed by atoms with Crippen molar-refractivity contribution in [1.82, 2.24) is 9.80 Å². The summed E-state index contributed by atoms with van der Waals surface area (Å²) in [6.07, 6.45) is -2.56. The number of hydrogen-bond acceptors (Lipinski definition) is 2. The molecular formula is C11H15F3N2O3. The summed E-state index contributed by atoms with van der Waals surface area (Å²) in [4.78, 5) is 24.9. The van der Waals surface area contributed by atoms with Gasteiger partial charge in [0, 0.05) is 12.6 Å². The Morgan fingerprint density at radius 1 is 1.26 bits per heavy atom. The minimum absolute atomic E-state index is 0.205. The molecule has 1 saturated heterocycles. The third-order valence-corrected chi connectivity index (χ3v) is 3.37.